The van der Waals surface area contributed by atoms with Crippen molar-refractivity contribution in [2.24, 2.45) is 0 Å². The maximum absolute atomic E-state index is 9.19. The van der Waals surface area contributed by atoms with E-state index >= 15 is 0 Å². The molecule has 0 spiro atoms. The summed E-state index contributed by atoms with van der Waals surface area (Å²) in [5, 5.41) is 28.2. The molecule has 0 unspecified atom stereocenters. The van der Waals surface area contributed by atoms with Gasteiger partial charge in [0.25, 0.3) is 10.1 Å². The molecule has 16 rings (SSSR count). The van der Waals surface area contributed by atoms with Crippen LogP contribution in [0.15, 0.2) is 368 Å². The highest BCUT2D eigenvalue weighted by Gasteiger charge is 2.43. The van der Waals surface area contributed by atoms with Gasteiger partial charge in [-0.2, -0.15) is 8.42 Å². The Bertz CT molecular complexity index is 5670. The fraction of sp³-hybridized carbons (Fsp3) is 0.0753. The quantitative estimate of drug-likeness (QED) is 0.0437. The summed E-state index contributed by atoms with van der Waals surface area (Å²) in [6, 6.07) is 118. The zero-order valence-electron chi connectivity index (χ0n) is 60.9. The molecule has 0 saturated heterocycles. The molecule has 0 amide bonds. The number of para-hydroxylation sites is 3. The lowest BCUT2D eigenvalue weighted by Crippen LogP contribution is -2.32. The summed E-state index contributed by atoms with van der Waals surface area (Å²) in [6.07, 6.45) is 6.10. The van der Waals surface area contributed by atoms with E-state index in [1.54, 1.807) is 32.4 Å². The van der Waals surface area contributed by atoms with Gasteiger partial charge in [-0.25, -0.2) is 0 Å². The summed E-state index contributed by atoms with van der Waals surface area (Å²) in [7, 11) is -1.33. The Morgan fingerprint density at radius 3 is 1.15 bits per heavy atom. The first kappa shape index (κ1) is 85.6. The zero-order chi connectivity index (χ0) is 78.4. The normalized spacial score (nSPS) is 10.7. The molecule has 0 fully saturated rings. The minimum Gasteiger partial charge on any atom is -0.535 e. The Morgan fingerprint density at radius 2 is 0.709 bits per heavy atom. The average molecular weight is 1850 g/mol. The second-order valence-corrected chi connectivity index (χ2v) is 34.6. The van der Waals surface area contributed by atoms with E-state index in [9.17, 15) is 8.42 Å². The molecule has 0 aromatic heterocycles. The number of allylic oxidation sites excluding steroid dienone is 1. The van der Waals surface area contributed by atoms with E-state index < -0.39 is 17.4 Å². The number of hydrogen-bond donors (Lipinski definition) is 2. The molecule has 110 heavy (non-hydrogen) atoms. The monoisotopic (exact) mass is 1850 g/mol. The van der Waals surface area contributed by atoms with E-state index in [4.69, 9.17) is 46.9 Å². The minimum atomic E-state index is -3.67. The predicted octanol–water partition coefficient (Wildman–Crippen LogP) is 27.4. The fourth-order valence-corrected chi connectivity index (χ4v) is 19.3. The van der Waals surface area contributed by atoms with Gasteiger partial charge in [-0.15, -0.1) is 23.2 Å². The summed E-state index contributed by atoms with van der Waals surface area (Å²) < 4.78 is 46.7. The summed E-state index contributed by atoms with van der Waals surface area (Å²) >= 11 is 27.5. The van der Waals surface area contributed by atoms with Crippen LogP contribution in [0.1, 0.15) is 19.4 Å². The Hall–Kier alpha value is -8.44. The van der Waals surface area contributed by atoms with Crippen LogP contribution in [-0.4, -0.2) is 57.7 Å². The number of methoxy groups -OCH3 is 2. The Labute approximate surface area is 699 Å². The number of rotatable bonds is 11. The van der Waals surface area contributed by atoms with Crippen molar-refractivity contribution in [1.82, 2.24) is 0 Å². The molecule has 0 aliphatic rings. The topological polar surface area (TPSA) is 102 Å². The van der Waals surface area contributed by atoms with Gasteiger partial charge in [-0.05, 0) is 186 Å². The van der Waals surface area contributed by atoms with Crippen LogP contribution in [0.25, 0.3) is 93.0 Å². The number of fused-ring (bicyclic) bond motifs is 8. The van der Waals surface area contributed by atoms with Crippen LogP contribution in [-0.2, 0) is 10.1 Å². The van der Waals surface area contributed by atoms with Gasteiger partial charge in [0.05, 0.1) is 32.0 Å². The second-order valence-electron chi connectivity index (χ2n) is 24.3. The maximum atomic E-state index is 9.19. The SMILES string of the molecule is Brc1cc2ccc3ccccc3c2c2ccccc12.Brc1ccc(Br)c2ccccc12.C/C=C/c1ccccc1-c1ccc(Br)c2ccccc12.CC[P+](c1ccccc1)(c1ccccc1)c1ccccc1.COc1ccccc1-c1ccc(Br)c2ccccc12.COc1ccccc1O[B]O.CS(=O)(=O)O.ClCCl. The molecule has 2 N–H and O–H groups in total. The van der Waals surface area contributed by atoms with Crippen molar-refractivity contribution >= 4 is 215 Å². The summed E-state index contributed by atoms with van der Waals surface area (Å²) in [5.74, 6) is 1.99. The van der Waals surface area contributed by atoms with Gasteiger partial charge in [-0.1, -0.05) is 347 Å². The first-order valence-electron chi connectivity index (χ1n) is 34.8. The summed E-state index contributed by atoms with van der Waals surface area (Å²) in [6.45, 7) is 4.37. The number of benzene rings is 16. The van der Waals surface area contributed by atoms with Crippen LogP contribution in [0.5, 0.6) is 17.2 Å². The lowest BCUT2D eigenvalue weighted by molar-refractivity contribution is 0.381. The first-order valence-corrected chi connectivity index (χ1v) is 43.6. The summed E-state index contributed by atoms with van der Waals surface area (Å²) in [5.41, 5.74) is 6.11. The zero-order valence-corrected chi connectivity index (χ0v) is 72.1. The third kappa shape index (κ3) is 22.7. The van der Waals surface area contributed by atoms with Crippen LogP contribution in [0.2, 0.25) is 0 Å². The van der Waals surface area contributed by atoms with E-state index in [-0.39, 0.29) is 5.34 Å². The van der Waals surface area contributed by atoms with E-state index in [0.29, 0.717) is 25.4 Å². The lowest BCUT2D eigenvalue weighted by Gasteiger charge is -2.26. The largest absolute Gasteiger partial charge is 0.569 e. The van der Waals surface area contributed by atoms with E-state index in [1.807, 2.05) is 48.5 Å². The molecule has 17 heteroatoms. The van der Waals surface area contributed by atoms with E-state index in [2.05, 4.69) is 379 Å². The number of halogens is 7. The highest BCUT2D eigenvalue weighted by Crippen LogP contribution is 2.55. The van der Waals surface area contributed by atoms with Crippen LogP contribution < -0.4 is 30.0 Å². The molecule has 7 nitrogen and oxygen atoms in total. The van der Waals surface area contributed by atoms with Crippen LogP contribution in [0.3, 0.4) is 0 Å². The average Bonchev–Trinajstić information content (AvgIpc) is 0.812. The Kier molecular flexibility index (Phi) is 33.8. The molecule has 0 aliphatic heterocycles. The van der Waals surface area contributed by atoms with Gasteiger partial charge < -0.3 is 19.2 Å². The van der Waals surface area contributed by atoms with Gasteiger partial charge in [-0.3, -0.25) is 4.55 Å². The molecule has 0 bridgehead atoms. The molecule has 0 aliphatic carbocycles. The van der Waals surface area contributed by atoms with Crippen molar-refractivity contribution in [2.75, 3.05) is 32.0 Å². The molecular formula is C93H79BBr5Cl2O7PS+. The number of hydrogen-bond acceptors (Lipinski definition) is 6. The summed E-state index contributed by atoms with van der Waals surface area (Å²) in [4.78, 5) is 0. The molecule has 0 saturated carbocycles. The smallest absolute Gasteiger partial charge is 0.535 e. The van der Waals surface area contributed by atoms with Gasteiger partial charge >= 0.3 is 7.69 Å². The molecule has 0 atom stereocenters. The Balaban J connectivity index is 0.000000151. The Morgan fingerprint density at radius 1 is 0.382 bits per heavy atom. The number of alkyl halides is 2. The highest BCUT2D eigenvalue weighted by molar-refractivity contribution is 9.11. The lowest BCUT2D eigenvalue weighted by atomic mass is 9.94. The van der Waals surface area contributed by atoms with Crippen molar-refractivity contribution in [3.63, 3.8) is 0 Å². The van der Waals surface area contributed by atoms with Crippen molar-refractivity contribution in [1.29, 1.82) is 0 Å². The van der Waals surface area contributed by atoms with E-state index in [0.717, 1.165) is 39.8 Å². The molecule has 0 heterocycles. The maximum Gasteiger partial charge on any atom is 0.569 e. The van der Waals surface area contributed by atoms with Crippen LogP contribution in [0, 0.1) is 0 Å². The van der Waals surface area contributed by atoms with Crippen molar-refractivity contribution < 1.29 is 32.1 Å². The third-order valence-electron chi connectivity index (χ3n) is 17.6. The van der Waals surface area contributed by atoms with E-state index in [1.165, 1.54) is 103 Å². The third-order valence-corrected chi connectivity index (χ3v) is 25.5. The van der Waals surface area contributed by atoms with Gasteiger partial charge in [0.15, 0.2) is 5.75 Å². The van der Waals surface area contributed by atoms with Gasteiger partial charge in [0.1, 0.15) is 34.7 Å². The molecular weight excluding hydrogens is 1770 g/mol. The standard InChI is InChI=1S/C20H20P.C19H15Br.C18H11Br.C17H13BrO.C10H6Br2.C7H8BO3.CH2Cl2.CH4O3S/c1-2-21(18-12-6-3-7-13-18,19-14-8-4-9-15-19)20-16-10-5-11-17-20;1-2-7-14-8-3-4-9-15(14)17-12-13-19(20)18-11-6-5-10-16(17)18;19-17-11-13-10-9-12-5-1-2-6-14(12)18(13)16-8-4-3-7-15(16)17;1-19-17-9-5-4-8-15(17)13-10-11-16(18)14-7-3-2-6-12(13)14;11-9-5-6-10(12)8-4-2-1-3-7(8)9;1-10-6-4-2-3-5-7(6)11-8-9;2-1-3;1-5(2,3)4/h3-17H,2H2,1H3;2-13H,1H3;1-11H;2-11H,1H3;1-6H;2-5,9H,1H3;1H2;1H3,(H,2,3,4)/q+1;;;;;;;/b;7-2+;;;;;;. The fourth-order valence-electron chi connectivity index (χ4n) is 12.8. The minimum absolute atomic E-state index is 0.194. The van der Waals surface area contributed by atoms with Gasteiger partial charge in [0.2, 0.25) is 0 Å². The highest BCUT2D eigenvalue weighted by atomic mass is 79.9. The van der Waals surface area contributed by atoms with Crippen molar-refractivity contribution in [2.45, 2.75) is 13.8 Å². The van der Waals surface area contributed by atoms with Crippen molar-refractivity contribution in [3.05, 3.63) is 374 Å². The predicted molar refractivity (Wildman–Crippen MR) is 493 cm³/mol. The number of ether oxygens (including phenoxy) is 2. The van der Waals surface area contributed by atoms with Crippen LogP contribution in [0.4, 0.5) is 0 Å². The molecule has 555 valence electrons. The van der Waals surface area contributed by atoms with Gasteiger partial charge in [0, 0.05) is 27.9 Å². The van der Waals surface area contributed by atoms with Crippen LogP contribution >= 0.6 is 110 Å². The second kappa shape index (κ2) is 43.4. The van der Waals surface area contributed by atoms with Crippen molar-refractivity contribution in [3.8, 4) is 39.5 Å². The molecule has 16 aromatic rings. The molecule has 16 aromatic carbocycles. The molecule has 1 radical (unpaired) electrons. The first-order chi connectivity index (χ1) is 53.4.